The molecule has 0 bridgehead atoms. The summed E-state index contributed by atoms with van der Waals surface area (Å²) < 4.78 is 36.5. The van der Waals surface area contributed by atoms with Crippen molar-refractivity contribution in [1.82, 2.24) is 4.90 Å². The third-order valence-corrected chi connectivity index (χ3v) is 4.30. The second-order valence-corrected chi connectivity index (χ2v) is 6.17. The molecule has 0 saturated carbocycles. The Balaban J connectivity index is 2.45. The van der Waals surface area contributed by atoms with Gasteiger partial charge in [-0.1, -0.05) is 12.8 Å². The number of hydrogen-bond donors (Lipinski definition) is 1. The van der Waals surface area contributed by atoms with Gasteiger partial charge in [-0.25, -0.2) is 0 Å². The summed E-state index contributed by atoms with van der Waals surface area (Å²) in [7, 11) is 0. The molecule has 1 aliphatic rings. The van der Waals surface area contributed by atoms with Gasteiger partial charge in [0.2, 0.25) is 0 Å². The van der Waals surface area contributed by atoms with Gasteiger partial charge >= 0.3 is 6.18 Å². The van der Waals surface area contributed by atoms with Crippen molar-refractivity contribution in [1.29, 1.82) is 0 Å². The predicted molar refractivity (Wildman–Crippen MR) is 72.0 cm³/mol. The van der Waals surface area contributed by atoms with Gasteiger partial charge < -0.3 is 5.73 Å². The van der Waals surface area contributed by atoms with Gasteiger partial charge in [0.1, 0.15) is 0 Å². The van der Waals surface area contributed by atoms with Gasteiger partial charge in [-0.05, 0) is 52.6 Å². The number of hydrogen-bond acceptors (Lipinski definition) is 2. The summed E-state index contributed by atoms with van der Waals surface area (Å²) >= 11 is 0. The number of alkyl halides is 3. The van der Waals surface area contributed by atoms with Crippen LogP contribution in [0.2, 0.25) is 0 Å². The third-order valence-electron chi connectivity index (χ3n) is 4.30. The van der Waals surface area contributed by atoms with E-state index in [9.17, 15) is 13.2 Å². The van der Waals surface area contributed by atoms with Gasteiger partial charge in [0.15, 0.2) is 0 Å². The summed E-state index contributed by atoms with van der Waals surface area (Å²) in [6.45, 7) is 6.16. The van der Waals surface area contributed by atoms with E-state index in [4.69, 9.17) is 5.73 Å². The van der Waals surface area contributed by atoms with E-state index < -0.39 is 12.6 Å². The quantitative estimate of drug-likeness (QED) is 0.832. The maximum Gasteiger partial charge on any atom is 0.389 e. The van der Waals surface area contributed by atoms with Crippen LogP contribution in [0.3, 0.4) is 0 Å². The Hall–Kier alpha value is -0.290. The third kappa shape index (κ3) is 5.69. The van der Waals surface area contributed by atoms with Crippen LogP contribution >= 0.6 is 0 Å². The Morgan fingerprint density at radius 1 is 1.05 bits per heavy atom. The molecule has 1 atom stereocenters. The largest absolute Gasteiger partial charge is 0.389 e. The average molecular weight is 280 g/mol. The molecule has 114 valence electrons. The molecule has 0 aromatic carbocycles. The lowest BCUT2D eigenvalue weighted by Gasteiger charge is -2.42. The molecule has 0 aromatic heterocycles. The van der Waals surface area contributed by atoms with Crippen LogP contribution in [0.15, 0.2) is 0 Å². The first-order valence-corrected chi connectivity index (χ1v) is 7.31. The van der Waals surface area contributed by atoms with Crippen molar-refractivity contribution >= 4 is 0 Å². The summed E-state index contributed by atoms with van der Waals surface area (Å²) in [6.07, 6.45) is 0.595. The molecule has 1 aliphatic heterocycles. The topological polar surface area (TPSA) is 29.3 Å². The van der Waals surface area contributed by atoms with E-state index in [2.05, 4.69) is 18.7 Å². The first-order valence-electron chi connectivity index (χ1n) is 7.31. The zero-order valence-electron chi connectivity index (χ0n) is 12.1. The normalized spacial score (nSPS) is 21.2. The summed E-state index contributed by atoms with van der Waals surface area (Å²) in [6, 6.07) is -0.201. The van der Waals surface area contributed by atoms with Crippen LogP contribution in [0.5, 0.6) is 0 Å². The average Bonchev–Trinajstić information content (AvgIpc) is 2.55. The maximum atomic E-state index is 12.2. The minimum absolute atomic E-state index is 0.127. The number of rotatable bonds is 5. The molecule has 0 radical (unpaired) electrons. The molecule has 1 heterocycles. The number of nitrogens with zero attached hydrogens (tertiary/aromatic N) is 1. The molecule has 2 N–H and O–H groups in total. The molecule has 19 heavy (non-hydrogen) atoms. The fraction of sp³-hybridized carbons (Fsp3) is 1.00. The lowest BCUT2D eigenvalue weighted by atomic mass is 9.89. The zero-order chi connectivity index (χ0) is 14.5. The molecule has 0 amide bonds. The Morgan fingerprint density at radius 3 is 2.05 bits per heavy atom. The number of likely N-dealkylation sites (tertiary alicyclic amines) is 1. The summed E-state index contributed by atoms with van der Waals surface area (Å²) in [5.74, 6) is 0. The SMILES string of the molecule is CC(C)(C(N)CCCC(F)(F)F)N1CCCCCC1. The second kappa shape index (κ2) is 6.93. The van der Waals surface area contributed by atoms with Crippen LogP contribution in [0.1, 0.15) is 58.8 Å². The zero-order valence-corrected chi connectivity index (χ0v) is 12.1. The van der Waals surface area contributed by atoms with Gasteiger partial charge in [-0.3, -0.25) is 4.90 Å². The van der Waals surface area contributed by atoms with Crippen molar-refractivity contribution in [3.8, 4) is 0 Å². The summed E-state index contributed by atoms with van der Waals surface area (Å²) in [5, 5.41) is 0. The van der Waals surface area contributed by atoms with Gasteiger partial charge in [-0.15, -0.1) is 0 Å². The van der Waals surface area contributed by atoms with Crippen molar-refractivity contribution in [3.63, 3.8) is 0 Å². The Labute approximate surface area is 114 Å². The van der Waals surface area contributed by atoms with Crippen LogP contribution < -0.4 is 5.73 Å². The molecule has 1 fully saturated rings. The van der Waals surface area contributed by atoms with Crippen LogP contribution in [-0.2, 0) is 0 Å². The molecule has 2 nitrogen and oxygen atoms in total. The molecule has 0 spiro atoms. The molecule has 1 rings (SSSR count). The molecule has 0 aromatic rings. The monoisotopic (exact) mass is 280 g/mol. The minimum atomic E-state index is -4.06. The van der Waals surface area contributed by atoms with Crippen LogP contribution in [0.4, 0.5) is 13.2 Å². The first kappa shape index (κ1) is 16.8. The van der Waals surface area contributed by atoms with E-state index in [1.165, 1.54) is 25.7 Å². The lowest BCUT2D eigenvalue weighted by molar-refractivity contribution is -0.136. The molecule has 1 saturated heterocycles. The van der Waals surface area contributed by atoms with E-state index in [1.807, 2.05) is 0 Å². The van der Waals surface area contributed by atoms with Crippen molar-refractivity contribution in [2.75, 3.05) is 13.1 Å². The minimum Gasteiger partial charge on any atom is -0.326 e. The van der Waals surface area contributed by atoms with Crippen LogP contribution in [-0.4, -0.2) is 35.7 Å². The van der Waals surface area contributed by atoms with Gasteiger partial charge in [0, 0.05) is 18.0 Å². The van der Waals surface area contributed by atoms with E-state index in [0.29, 0.717) is 6.42 Å². The molecular weight excluding hydrogens is 253 g/mol. The van der Waals surface area contributed by atoms with E-state index in [-0.39, 0.29) is 18.0 Å². The van der Waals surface area contributed by atoms with Crippen LogP contribution in [0, 0.1) is 0 Å². The molecular formula is C14H27F3N2. The summed E-state index contributed by atoms with van der Waals surface area (Å²) in [5.41, 5.74) is 5.94. The highest BCUT2D eigenvalue weighted by molar-refractivity contribution is 4.92. The van der Waals surface area contributed by atoms with Gasteiger partial charge in [0.25, 0.3) is 0 Å². The second-order valence-electron chi connectivity index (χ2n) is 6.17. The smallest absolute Gasteiger partial charge is 0.326 e. The Morgan fingerprint density at radius 2 is 1.58 bits per heavy atom. The lowest BCUT2D eigenvalue weighted by Crippen LogP contribution is -2.56. The highest BCUT2D eigenvalue weighted by atomic mass is 19.4. The predicted octanol–water partition coefficient (Wildman–Crippen LogP) is 3.70. The standard InChI is InChI=1S/C14H27F3N2/c1-13(2,19-10-5-3-4-6-11-19)12(18)8-7-9-14(15,16)17/h12H,3-11,18H2,1-2H3. The van der Waals surface area contributed by atoms with Gasteiger partial charge in [-0.2, -0.15) is 13.2 Å². The maximum absolute atomic E-state index is 12.2. The van der Waals surface area contributed by atoms with Gasteiger partial charge in [0.05, 0.1) is 0 Å². The van der Waals surface area contributed by atoms with Crippen molar-refractivity contribution in [3.05, 3.63) is 0 Å². The Bertz CT molecular complexity index is 256. The Kier molecular flexibility index (Phi) is 6.12. The fourth-order valence-corrected chi connectivity index (χ4v) is 2.76. The highest BCUT2D eigenvalue weighted by Crippen LogP contribution is 2.27. The molecule has 1 unspecified atom stereocenters. The van der Waals surface area contributed by atoms with Crippen molar-refractivity contribution < 1.29 is 13.2 Å². The fourth-order valence-electron chi connectivity index (χ4n) is 2.76. The van der Waals surface area contributed by atoms with Crippen molar-refractivity contribution in [2.24, 2.45) is 5.73 Å². The molecule has 5 heteroatoms. The number of nitrogens with two attached hydrogens (primary N) is 1. The van der Waals surface area contributed by atoms with E-state index in [1.54, 1.807) is 0 Å². The van der Waals surface area contributed by atoms with Crippen molar-refractivity contribution in [2.45, 2.75) is 76.6 Å². The van der Waals surface area contributed by atoms with E-state index >= 15 is 0 Å². The first-order chi connectivity index (χ1) is 8.73. The number of halogens is 3. The highest BCUT2D eigenvalue weighted by Gasteiger charge is 2.34. The van der Waals surface area contributed by atoms with Crippen LogP contribution in [0.25, 0.3) is 0 Å². The summed E-state index contributed by atoms with van der Waals surface area (Å²) in [4.78, 5) is 2.36. The van der Waals surface area contributed by atoms with E-state index in [0.717, 1.165) is 13.1 Å². The molecule has 0 aliphatic carbocycles.